The summed E-state index contributed by atoms with van der Waals surface area (Å²) in [6.45, 7) is 5.71. The third kappa shape index (κ3) is 6.21. The first-order valence-corrected chi connectivity index (χ1v) is 19.3. The molecule has 0 radical (unpaired) electrons. The number of hydrogen-bond donors (Lipinski definition) is 2. The van der Waals surface area contributed by atoms with Crippen molar-refractivity contribution < 1.29 is 27.9 Å². The van der Waals surface area contributed by atoms with E-state index in [9.17, 15) is 19.2 Å². The summed E-state index contributed by atoms with van der Waals surface area (Å²) in [6.07, 6.45) is 7.09. The zero-order valence-electron chi connectivity index (χ0n) is 31.2. The number of nitriles is 1. The summed E-state index contributed by atoms with van der Waals surface area (Å²) in [6, 6.07) is 20.1. The van der Waals surface area contributed by atoms with Gasteiger partial charge in [0, 0.05) is 48.0 Å². The number of anilines is 2. The van der Waals surface area contributed by atoms with Crippen molar-refractivity contribution in [3.63, 3.8) is 0 Å². The summed E-state index contributed by atoms with van der Waals surface area (Å²) in [4.78, 5) is 38.2. The van der Waals surface area contributed by atoms with Crippen LogP contribution in [0.15, 0.2) is 77.4 Å². The van der Waals surface area contributed by atoms with Crippen LogP contribution in [0.25, 0.3) is 27.6 Å². The van der Waals surface area contributed by atoms with Crippen LogP contribution in [0, 0.1) is 24.1 Å². The van der Waals surface area contributed by atoms with Crippen LogP contribution in [0.5, 0.6) is 5.88 Å². The Morgan fingerprint density at radius 1 is 1.16 bits per heavy atom. The van der Waals surface area contributed by atoms with Gasteiger partial charge in [-0.25, -0.2) is 14.4 Å². The molecule has 2 N–H and O–H groups in total. The van der Waals surface area contributed by atoms with Crippen molar-refractivity contribution in [3.8, 4) is 11.9 Å². The Balaban J connectivity index is 0.836. The molecule has 1 spiro atoms. The zero-order chi connectivity index (χ0) is 38.8. The van der Waals surface area contributed by atoms with Gasteiger partial charge in [-0.2, -0.15) is 5.26 Å². The van der Waals surface area contributed by atoms with Crippen LogP contribution in [-0.4, -0.2) is 57.0 Å². The molecule has 2 amide bonds. The maximum absolute atomic E-state index is 15.0. The first-order valence-electron chi connectivity index (χ1n) is 19.3. The molecule has 2 fully saturated rings. The molecule has 3 aliphatic heterocycles. The second-order valence-corrected chi connectivity index (χ2v) is 15.4. The van der Waals surface area contributed by atoms with Gasteiger partial charge in [0.05, 0.1) is 64.9 Å². The standard InChI is InChI=1S/C44H38FN7O5/c1-25-23-57-41-29(6-5-28(20-46)39(25)41)24-56-38-4-2-3-34(49-38)26-9-14-51(15-10-26)22-37-48-35-17-27(7-8-36(35)52(37)21-31-11-16-55-31)42(53)47-30-18-32-40(33(45)19-30)50-43(54)44(32)12-13-44/h2-9,17-19,23,31H,10-16,21-22,24H2,1H3,(H,47,53)(H,50,54)/t31-/m0/s1. The van der Waals surface area contributed by atoms with Crippen LogP contribution < -0.4 is 15.4 Å². The van der Waals surface area contributed by atoms with Crippen molar-refractivity contribution in [2.75, 3.05) is 30.3 Å². The predicted octanol–water partition coefficient (Wildman–Crippen LogP) is 7.39. The summed E-state index contributed by atoms with van der Waals surface area (Å²) in [5.74, 6) is 0.282. The van der Waals surface area contributed by atoms with Gasteiger partial charge in [-0.3, -0.25) is 14.5 Å². The van der Waals surface area contributed by atoms with E-state index < -0.39 is 11.2 Å². The highest BCUT2D eigenvalue weighted by Gasteiger charge is 2.57. The van der Waals surface area contributed by atoms with Gasteiger partial charge in [0.2, 0.25) is 11.8 Å². The second-order valence-electron chi connectivity index (χ2n) is 15.4. The van der Waals surface area contributed by atoms with Crippen LogP contribution in [0.2, 0.25) is 0 Å². The number of nitrogens with zero attached hydrogens (tertiary/aromatic N) is 5. The monoisotopic (exact) mass is 763 g/mol. The van der Waals surface area contributed by atoms with E-state index in [2.05, 4.69) is 32.2 Å². The highest BCUT2D eigenvalue weighted by molar-refractivity contribution is 6.10. The maximum Gasteiger partial charge on any atom is 0.255 e. The van der Waals surface area contributed by atoms with Crippen LogP contribution >= 0.6 is 0 Å². The van der Waals surface area contributed by atoms with Crippen molar-refractivity contribution in [3.05, 3.63) is 118 Å². The Labute approximate surface area is 326 Å². The number of hydrogen-bond acceptors (Lipinski definition) is 9. The Bertz CT molecular complexity index is 2720. The summed E-state index contributed by atoms with van der Waals surface area (Å²) in [5, 5.41) is 15.9. The second kappa shape index (κ2) is 13.7. The van der Waals surface area contributed by atoms with Gasteiger partial charge >= 0.3 is 0 Å². The number of aromatic nitrogens is 3. The van der Waals surface area contributed by atoms with E-state index in [-0.39, 0.29) is 30.2 Å². The van der Waals surface area contributed by atoms with E-state index in [4.69, 9.17) is 23.9 Å². The molecule has 3 aromatic heterocycles. The van der Waals surface area contributed by atoms with E-state index in [1.165, 1.54) is 6.07 Å². The van der Waals surface area contributed by atoms with Crippen LogP contribution in [0.1, 0.15) is 69.8 Å². The number of furan rings is 1. The minimum absolute atomic E-state index is 0.106. The molecular formula is C44H38FN7O5. The molecule has 6 heterocycles. The normalized spacial score (nSPS) is 18.2. The number of nitrogens with one attached hydrogen (secondary N) is 2. The van der Waals surface area contributed by atoms with E-state index in [1.54, 1.807) is 30.5 Å². The fraction of sp³-hybridized carbons (Fsp3) is 0.295. The number of ether oxygens (including phenoxy) is 2. The topological polar surface area (TPSA) is 148 Å². The predicted molar refractivity (Wildman–Crippen MR) is 210 cm³/mol. The lowest BCUT2D eigenvalue weighted by Crippen LogP contribution is -2.33. The van der Waals surface area contributed by atoms with Gasteiger partial charge in [-0.15, -0.1) is 0 Å². The highest BCUT2D eigenvalue weighted by atomic mass is 19.1. The number of halogens is 1. The molecule has 286 valence electrons. The number of amides is 2. The first-order chi connectivity index (χ1) is 27.8. The van der Waals surface area contributed by atoms with Crippen molar-refractivity contribution >= 4 is 50.8 Å². The molecule has 13 heteroatoms. The smallest absolute Gasteiger partial charge is 0.255 e. The number of carbonyl (C=O) groups is 2. The molecule has 0 unspecified atom stereocenters. The molecule has 1 saturated carbocycles. The number of benzene rings is 3. The number of carbonyl (C=O) groups excluding carboxylic acids is 2. The molecule has 4 aliphatic rings. The van der Waals surface area contributed by atoms with Crippen molar-refractivity contribution in [2.45, 2.75) is 63.8 Å². The Morgan fingerprint density at radius 2 is 2.04 bits per heavy atom. The van der Waals surface area contributed by atoms with E-state index in [1.807, 2.05) is 37.3 Å². The zero-order valence-corrected chi connectivity index (χ0v) is 31.2. The van der Waals surface area contributed by atoms with Gasteiger partial charge < -0.3 is 29.1 Å². The first kappa shape index (κ1) is 35.1. The van der Waals surface area contributed by atoms with Crippen molar-refractivity contribution in [1.82, 2.24) is 19.4 Å². The Morgan fingerprint density at radius 3 is 2.81 bits per heavy atom. The quantitative estimate of drug-likeness (QED) is 0.146. The van der Waals surface area contributed by atoms with Crippen molar-refractivity contribution in [2.24, 2.45) is 0 Å². The Hall–Kier alpha value is -6.36. The van der Waals surface area contributed by atoms with Gasteiger partial charge in [-0.1, -0.05) is 18.2 Å². The molecule has 1 atom stereocenters. The minimum Gasteiger partial charge on any atom is -0.473 e. The number of pyridine rings is 1. The summed E-state index contributed by atoms with van der Waals surface area (Å²) >= 11 is 0. The average molecular weight is 764 g/mol. The van der Waals surface area contributed by atoms with Gasteiger partial charge in [0.15, 0.2) is 0 Å². The molecule has 12 nitrogen and oxygen atoms in total. The van der Waals surface area contributed by atoms with Crippen LogP contribution in [-0.2, 0) is 34.6 Å². The lowest BCUT2D eigenvalue weighted by molar-refractivity contribution is -0.117. The fourth-order valence-corrected chi connectivity index (χ4v) is 8.32. The lowest BCUT2D eigenvalue weighted by Gasteiger charge is -2.29. The molecule has 6 aromatic rings. The fourth-order valence-electron chi connectivity index (χ4n) is 8.32. The van der Waals surface area contributed by atoms with Crippen LogP contribution in [0.3, 0.4) is 0 Å². The number of imidazole rings is 1. The minimum atomic E-state index is -0.672. The summed E-state index contributed by atoms with van der Waals surface area (Å²) in [5.41, 5.74) is 7.49. The summed E-state index contributed by atoms with van der Waals surface area (Å²) in [7, 11) is 0. The molecule has 10 rings (SSSR count). The average Bonchev–Trinajstić information content (AvgIpc) is 3.72. The molecule has 0 bridgehead atoms. The largest absolute Gasteiger partial charge is 0.473 e. The van der Waals surface area contributed by atoms with E-state index in [0.29, 0.717) is 71.8 Å². The summed E-state index contributed by atoms with van der Waals surface area (Å²) < 4.78 is 34.9. The molecule has 1 aliphatic carbocycles. The Kier molecular flexibility index (Phi) is 8.42. The molecular weight excluding hydrogens is 726 g/mol. The highest BCUT2D eigenvalue weighted by Crippen LogP contribution is 2.56. The van der Waals surface area contributed by atoms with Gasteiger partial charge in [0.25, 0.3) is 5.91 Å². The third-order valence-electron chi connectivity index (χ3n) is 11.7. The molecule has 57 heavy (non-hydrogen) atoms. The molecule has 3 aromatic carbocycles. The molecule has 1 saturated heterocycles. The number of rotatable bonds is 10. The SMILES string of the molecule is Cc1coc2c(COc3cccc(C4=CCN(Cc5nc6cc(C(=O)Nc7cc(F)c8c(c7)C7(CC7)C(=O)N8)ccc6n5C[C@@H]5CCO5)CC4)n3)ccc(C#N)c12. The van der Waals surface area contributed by atoms with Gasteiger partial charge in [-0.05, 0) is 91.8 Å². The third-order valence-corrected chi connectivity index (χ3v) is 11.7. The van der Waals surface area contributed by atoms with Crippen molar-refractivity contribution in [1.29, 1.82) is 5.26 Å². The number of aryl methyl sites for hydroxylation is 1. The van der Waals surface area contributed by atoms with E-state index >= 15 is 0 Å². The van der Waals surface area contributed by atoms with Gasteiger partial charge in [0.1, 0.15) is 23.8 Å². The number of fused-ring (bicyclic) bond motifs is 4. The lowest BCUT2D eigenvalue weighted by atomic mass is 9.97. The van der Waals surface area contributed by atoms with Crippen LogP contribution in [0.4, 0.5) is 15.8 Å². The van der Waals surface area contributed by atoms with E-state index in [0.717, 1.165) is 65.1 Å². The maximum atomic E-state index is 15.0.